The first-order valence-corrected chi connectivity index (χ1v) is 8.54. The fraction of sp³-hybridized carbons (Fsp3) is 0.500. The van der Waals surface area contributed by atoms with E-state index in [0.29, 0.717) is 5.75 Å². The Bertz CT molecular complexity index is 581. The maximum absolute atomic E-state index is 12.1. The summed E-state index contributed by atoms with van der Waals surface area (Å²) in [5.74, 6) is -0.476. The monoisotopic (exact) mass is 326 g/mol. The van der Waals surface area contributed by atoms with Crippen LogP contribution in [0.4, 0.5) is 0 Å². The van der Waals surface area contributed by atoms with E-state index in [9.17, 15) is 9.59 Å². The van der Waals surface area contributed by atoms with Crippen LogP contribution in [0.25, 0.3) is 0 Å². The van der Waals surface area contributed by atoms with Crippen LogP contribution in [0.5, 0.6) is 0 Å². The van der Waals surface area contributed by atoms with Gasteiger partial charge in [-0.25, -0.2) is 4.98 Å². The van der Waals surface area contributed by atoms with E-state index in [1.807, 2.05) is 7.05 Å². The second kappa shape index (κ2) is 7.09. The smallest absolute Gasteiger partial charge is 0.308 e. The standard InChI is InChI=1S/C14H18N2O3S2/c1-9-11(7-13(18)19)21-14(15-9)20-8-12(17)16(2)10-5-3-4-6-10/h5H,3-4,6-8H2,1-2H3,(H,18,19). The van der Waals surface area contributed by atoms with Gasteiger partial charge in [0, 0.05) is 17.6 Å². The maximum atomic E-state index is 12.1. The molecule has 21 heavy (non-hydrogen) atoms. The van der Waals surface area contributed by atoms with Gasteiger partial charge >= 0.3 is 5.97 Å². The predicted molar refractivity (Wildman–Crippen MR) is 83.6 cm³/mol. The third kappa shape index (κ3) is 4.31. The van der Waals surface area contributed by atoms with Crippen molar-refractivity contribution in [3.05, 3.63) is 22.3 Å². The largest absolute Gasteiger partial charge is 0.481 e. The molecule has 1 N–H and O–H groups in total. The van der Waals surface area contributed by atoms with Gasteiger partial charge in [0.05, 0.1) is 17.9 Å². The van der Waals surface area contributed by atoms with Crippen molar-refractivity contribution in [3.8, 4) is 0 Å². The first kappa shape index (κ1) is 16.0. The van der Waals surface area contributed by atoms with Crippen LogP contribution in [0, 0.1) is 6.92 Å². The average Bonchev–Trinajstić information content (AvgIpc) is 3.05. The molecule has 0 unspecified atom stereocenters. The number of carboxylic acids is 1. The topological polar surface area (TPSA) is 70.5 Å². The van der Waals surface area contributed by atoms with Crippen molar-refractivity contribution in [2.24, 2.45) is 0 Å². The van der Waals surface area contributed by atoms with Crippen molar-refractivity contribution in [3.63, 3.8) is 0 Å². The zero-order chi connectivity index (χ0) is 15.4. The van der Waals surface area contributed by atoms with Crippen LogP contribution in [-0.4, -0.2) is 39.7 Å². The molecule has 5 nitrogen and oxygen atoms in total. The number of aromatic nitrogens is 1. The first-order chi connectivity index (χ1) is 9.97. The van der Waals surface area contributed by atoms with E-state index in [1.165, 1.54) is 23.1 Å². The van der Waals surface area contributed by atoms with E-state index in [0.717, 1.165) is 39.9 Å². The summed E-state index contributed by atoms with van der Waals surface area (Å²) in [6, 6.07) is 0. The highest BCUT2D eigenvalue weighted by Gasteiger charge is 2.17. The molecule has 0 saturated carbocycles. The lowest BCUT2D eigenvalue weighted by atomic mass is 10.3. The van der Waals surface area contributed by atoms with Crippen molar-refractivity contribution in [1.29, 1.82) is 0 Å². The number of allylic oxidation sites excluding steroid dienone is 2. The lowest BCUT2D eigenvalue weighted by molar-refractivity contribution is -0.136. The Morgan fingerprint density at radius 1 is 1.52 bits per heavy atom. The Morgan fingerprint density at radius 3 is 2.90 bits per heavy atom. The van der Waals surface area contributed by atoms with Gasteiger partial charge in [-0.1, -0.05) is 17.8 Å². The molecule has 0 aromatic carbocycles. The fourth-order valence-corrected chi connectivity index (χ4v) is 4.24. The molecular formula is C14H18N2O3S2. The number of amides is 1. The molecule has 0 saturated heterocycles. The zero-order valence-electron chi connectivity index (χ0n) is 12.1. The number of aryl methyl sites for hydroxylation is 1. The highest BCUT2D eigenvalue weighted by atomic mass is 32.2. The second-order valence-electron chi connectivity index (χ2n) is 4.89. The number of aliphatic carboxylic acids is 1. The molecule has 1 heterocycles. The van der Waals surface area contributed by atoms with Crippen molar-refractivity contribution in [2.45, 2.75) is 36.9 Å². The van der Waals surface area contributed by atoms with Crippen LogP contribution in [0.1, 0.15) is 29.8 Å². The number of hydrogen-bond donors (Lipinski definition) is 1. The third-order valence-corrected chi connectivity index (χ3v) is 5.61. The maximum Gasteiger partial charge on any atom is 0.308 e. The predicted octanol–water partition coefficient (Wildman–Crippen LogP) is 2.70. The van der Waals surface area contributed by atoms with Crippen molar-refractivity contribution in [2.75, 3.05) is 12.8 Å². The number of carbonyl (C=O) groups is 2. The van der Waals surface area contributed by atoms with Crippen molar-refractivity contribution < 1.29 is 14.7 Å². The Hall–Kier alpha value is -1.34. The van der Waals surface area contributed by atoms with Gasteiger partial charge in [-0.15, -0.1) is 11.3 Å². The van der Waals surface area contributed by atoms with Crippen molar-refractivity contribution >= 4 is 35.0 Å². The van der Waals surface area contributed by atoms with Gasteiger partial charge < -0.3 is 10.0 Å². The molecule has 0 radical (unpaired) electrons. The van der Waals surface area contributed by atoms with E-state index in [2.05, 4.69) is 11.1 Å². The zero-order valence-corrected chi connectivity index (χ0v) is 13.7. The molecule has 0 bridgehead atoms. The molecule has 0 spiro atoms. The van der Waals surface area contributed by atoms with Gasteiger partial charge in [-0.3, -0.25) is 9.59 Å². The molecular weight excluding hydrogens is 308 g/mol. The van der Waals surface area contributed by atoms with Gasteiger partial charge in [-0.05, 0) is 26.2 Å². The number of thioether (sulfide) groups is 1. The molecule has 0 aliphatic heterocycles. The Morgan fingerprint density at radius 2 is 2.29 bits per heavy atom. The molecule has 1 aromatic rings. The minimum absolute atomic E-state index is 0.00913. The number of carboxylic acid groups (broad SMARTS) is 1. The molecule has 7 heteroatoms. The van der Waals surface area contributed by atoms with Gasteiger partial charge in [0.2, 0.25) is 5.91 Å². The van der Waals surface area contributed by atoms with Gasteiger partial charge in [0.15, 0.2) is 4.34 Å². The minimum Gasteiger partial charge on any atom is -0.481 e. The van der Waals surface area contributed by atoms with Crippen LogP contribution < -0.4 is 0 Å². The normalized spacial score (nSPS) is 14.1. The summed E-state index contributed by atoms with van der Waals surface area (Å²) in [5, 5.41) is 8.82. The van der Waals surface area contributed by atoms with E-state index < -0.39 is 5.97 Å². The lowest BCUT2D eigenvalue weighted by Gasteiger charge is -2.17. The van der Waals surface area contributed by atoms with Crippen LogP contribution in [-0.2, 0) is 16.0 Å². The fourth-order valence-electron chi connectivity index (χ4n) is 2.10. The van der Waals surface area contributed by atoms with Gasteiger partial charge in [0.25, 0.3) is 0 Å². The molecule has 0 atom stereocenters. The molecule has 1 amide bonds. The molecule has 2 rings (SSSR count). The summed E-state index contributed by atoms with van der Waals surface area (Å²) in [6.45, 7) is 1.80. The number of thiazole rings is 1. The molecule has 0 fully saturated rings. The van der Waals surface area contributed by atoms with E-state index in [-0.39, 0.29) is 12.3 Å². The summed E-state index contributed by atoms with van der Waals surface area (Å²) in [6.07, 6.45) is 5.23. The second-order valence-corrected chi connectivity index (χ2v) is 7.19. The molecule has 1 aliphatic rings. The summed E-state index contributed by atoms with van der Waals surface area (Å²) in [5.41, 5.74) is 1.84. The molecule has 1 aliphatic carbocycles. The Balaban J connectivity index is 1.90. The quantitative estimate of drug-likeness (QED) is 0.814. The summed E-state index contributed by atoms with van der Waals surface area (Å²) < 4.78 is 0.755. The van der Waals surface area contributed by atoms with Crippen LogP contribution >= 0.6 is 23.1 Å². The summed E-state index contributed by atoms with van der Waals surface area (Å²) >= 11 is 2.73. The first-order valence-electron chi connectivity index (χ1n) is 6.74. The number of hydrogen-bond acceptors (Lipinski definition) is 5. The van der Waals surface area contributed by atoms with E-state index >= 15 is 0 Å². The Kier molecular flexibility index (Phi) is 5.41. The minimum atomic E-state index is -0.859. The highest BCUT2D eigenvalue weighted by molar-refractivity contribution is 8.01. The van der Waals surface area contributed by atoms with Crippen LogP contribution in [0.2, 0.25) is 0 Å². The summed E-state index contributed by atoms with van der Waals surface area (Å²) in [4.78, 5) is 29.7. The highest BCUT2D eigenvalue weighted by Crippen LogP contribution is 2.28. The van der Waals surface area contributed by atoms with Gasteiger partial charge in [-0.2, -0.15) is 0 Å². The number of carbonyl (C=O) groups excluding carboxylic acids is 1. The lowest BCUT2D eigenvalue weighted by Crippen LogP contribution is -2.26. The summed E-state index contributed by atoms with van der Waals surface area (Å²) in [7, 11) is 1.81. The SMILES string of the molecule is Cc1nc(SCC(=O)N(C)C2=CCCC2)sc1CC(=O)O. The molecule has 1 aromatic heterocycles. The van der Waals surface area contributed by atoms with Gasteiger partial charge in [0.1, 0.15) is 0 Å². The van der Waals surface area contributed by atoms with Crippen LogP contribution in [0.15, 0.2) is 16.1 Å². The van der Waals surface area contributed by atoms with E-state index in [1.54, 1.807) is 11.8 Å². The number of nitrogens with zero attached hydrogens (tertiary/aromatic N) is 2. The number of rotatable bonds is 6. The van der Waals surface area contributed by atoms with E-state index in [4.69, 9.17) is 5.11 Å². The molecule has 114 valence electrons. The third-order valence-electron chi connectivity index (χ3n) is 3.33. The van der Waals surface area contributed by atoms with Crippen molar-refractivity contribution in [1.82, 2.24) is 9.88 Å². The average molecular weight is 326 g/mol. The Labute approximate surface area is 132 Å². The van der Waals surface area contributed by atoms with Crippen LogP contribution in [0.3, 0.4) is 0 Å².